The number of benzene rings is 3. The Bertz CT molecular complexity index is 1220. The maximum absolute atomic E-state index is 12.1. The van der Waals surface area contributed by atoms with Crippen LogP contribution in [0.4, 0.5) is 0 Å². The number of nitrogens with one attached hydrogen (secondary N) is 1. The third-order valence-corrected chi connectivity index (χ3v) is 5.67. The molecule has 1 aromatic heterocycles. The van der Waals surface area contributed by atoms with Crippen molar-refractivity contribution in [3.05, 3.63) is 89.2 Å². The van der Waals surface area contributed by atoms with E-state index in [4.69, 9.17) is 26.1 Å². The van der Waals surface area contributed by atoms with E-state index in [2.05, 4.69) is 22.9 Å². The molecule has 0 bridgehead atoms. The summed E-state index contributed by atoms with van der Waals surface area (Å²) >= 11 is 5.86. The van der Waals surface area contributed by atoms with Crippen LogP contribution in [0.25, 0.3) is 11.0 Å². The van der Waals surface area contributed by atoms with Gasteiger partial charge in [0.1, 0.15) is 23.9 Å². The Morgan fingerprint density at radius 1 is 0.971 bits per heavy atom. The van der Waals surface area contributed by atoms with Crippen LogP contribution in [-0.2, 0) is 17.8 Å². The predicted octanol–water partition coefficient (Wildman–Crippen LogP) is 5.20. The van der Waals surface area contributed by atoms with E-state index in [1.54, 1.807) is 24.3 Å². The number of para-hydroxylation sites is 2. The lowest BCUT2D eigenvalue weighted by Crippen LogP contribution is -2.30. The number of fused-ring (bicyclic) bond motifs is 1. The first-order valence-corrected chi connectivity index (χ1v) is 11.7. The fourth-order valence-electron chi connectivity index (χ4n) is 3.66. The third-order valence-electron chi connectivity index (χ3n) is 5.42. The van der Waals surface area contributed by atoms with Gasteiger partial charge in [-0.1, -0.05) is 41.4 Å². The fourth-order valence-corrected chi connectivity index (χ4v) is 3.79. The van der Waals surface area contributed by atoms with Crippen molar-refractivity contribution in [2.75, 3.05) is 19.8 Å². The van der Waals surface area contributed by atoms with Gasteiger partial charge in [-0.3, -0.25) is 4.79 Å². The normalized spacial score (nSPS) is 10.9. The molecule has 1 amide bonds. The smallest absolute Gasteiger partial charge is 0.257 e. The summed E-state index contributed by atoms with van der Waals surface area (Å²) in [7, 11) is 0. The SMILES string of the molecule is Cc1ccc(OCCn2c(CCCNC(=O)COc3ccc(Cl)cc3)nc3ccccc32)cc1. The quantitative estimate of drug-likeness (QED) is 0.301. The van der Waals surface area contributed by atoms with E-state index in [1.165, 1.54) is 5.56 Å². The molecule has 0 atom stereocenters. The van der Waals surface area contributed by atoms with Gasteiger partial charge in [-0.25, -0.2) is 4.98 Å². The van der Waals surface area contributed by atoms with E-state index in [1.807, 2.05) is 42.5 Å². The molecule has 7 heteroatoms. The summed E-state index contributed by atoms with van der Waals surface area (Å²) in [4.78, 5) is 16.9. The number of nitrogens with zero attached hydrogens (tertiary/aromatic N) is 2. The summed E-state index contributed by atoms with van der Waals surface area (Å²) in [6, 6.07) is 23.1. The predicted molar refractivity (Wildman–Crippen MR) is 135 cm³/mol. The van der Waals surface area contributed by atoms with Crippen molar-refractivity contribution in [2.24, 2.45) is 0 Å². The summed E-state index contributed by atoms with van der Waals surface area (Å²) in [5.74, 6) is 2.30. The summed E-state index contributed by atoms with van der Waals surface area (Å²) in [5, 5.41) is 3.53. The molecule has 6 nitrogen and oxygen atoms in total. The van der Waals surface area contributed by atoms with Crippen LogP contribution < -0.4 is 14.8 Å². The number of carbonyl (C=O) groups is 1. The zero-order valence-electron chi connectivity index (χ0n) is 19.2. The van der Waals surface area contributed by atoms with Crippen LogP contribution in [-0.4, -0.2) is 35.2 Å². The molecule has 1 heterocycles. The first-order chi connectivity index (χ1) is 16.6. The second kappa shape index (κ2) is 11.6. The van der Waals surface area contributed by atoms with Gasteiger partial charge in [0, 0.05) is 18.0 Å². The minimum atomic E-state index is -0.157. The molecule has 0 saturated heterocycles. The van der Waals surface area contributed by atoms with Crippen molar-refractivity contribution in [1.29, 1.82) is 0 Å². The maximum Gasteiger partial charge on any atom is 0.257 e. The van der Waals surface area contributed by atoms with Gasteiger partial charge in [0.25, 0.3) is 5.91 Å². The standard InChI is InChI=1S/C27H28ClN3O3/c1-20-8-12-22(13-9-20)33-18-17-31-25-6-3-2-5-24(25)30-26(31)7-4-16-29-27(32)19-34-23-14-10-21(28)11-15-23/h2-3,5-6,8-15H,4,7,16-19H2,1H3,(H,29,32). The van der Waals surface area contributed by atoms with Gasteiger partial charge in [0.2, 0.25) is 0 Å². The molecule has 4 rings (SSSR count). The third kappa shape index (κ3) is 6.51. The molecule has 0 aliphatic carbocycles. The molecule has 3 aromatic carbocycles. The molecule has 34 heavy (non-hydrogen) atoms. The molecule has 4 aromatic rings. The Morgan fingerprint density at radius 3 is 2.47 bits per heavy atom. The molecule has 176 valence electrons. The number of rotatable bonds is 11. The molecule has 0 unspecified atom stereocenters. The Labute approximate surface area is 204 Å². The van der Waals surface area contributed by atoms with Gasteiger partial charge in [0.05, 0.1) is 17.6 Å². The van der Waals surface area contributed by atoms with E-state index in [0.717, 1.165) is 35.4 Å². The summed E-state index contributed by atoms with van der Waals surface area (Å²) in [6.45, 7) is 3.82. The van der Waals surface area contributed by atoms with Crippen LogP contribution in [0.5, 0.6) is 11.5 Å². The van der Waals surface area contributed by atoms with Crippen molar-refractivity contribution >= 4 is 28.5 Å². The van der Waals surface area contributed by atoms with Crippen molar-refractivity contribution in [1.82, 2.24) is 14.9 Å². The minimum Gasteiger partial charge on any atom is -0.492 e. The largest absolute Gasteiger partial charge is 0.492 e. The summed E-state index contributed by atoms with van der Waals surface area (Å²) < 4.78 is 13.6. The molecule has 0 radical (unpaired) electrons. The van der Waals surface area contributed by atoms with Crippen LogP contribution >= 0.6 is 11.6 Å². The topological polar surface area (TPSA) is 65.4 Å². The van der Waals surface area contributed by atoms with Crippen LogP contribution in [0.3, 0.4) is 0 Å². The van der Waals surface area contributed by atoms with Gasteiger partial charge in [-0.05, 0) is 61.9 Å². The van der Waals surface area contributed by atoms with Gasteiger partial charge in [-0.15, -0.1) is 0 Å². The number of hydrogen-bond acceptors (Lipinski definition) is 4. The average molecular weight is 478 g/mol. The van der Waals surface area contributed by atoms with Gasteiger partial charge in [0.15, 0.2) is 6.61 Å². The highest BCUT2D eigenvalue weighted by molar-refractivity contribution is 6.30. The lowest BCUT2D eigenvalue weighted by molar-refractivity contribution is -0.123. The second-order valence-corrected chi connectivity index (χ2v) is 8.46. The highest BCUT2D eigenvalue weighted by atomic mass is 35.5. The van der Waals surface area contributed by atoms with Gasteiger partial charge < -0.3 is 19.4 Å². The average Bonchev–Trinajstić information content (AvgIpc) is 3.20. The van der Waals surface area contributed by atoms with Gasteiger partial charge >= 0.3 is 0 Å². The summed E-state index contributed by atoms with van der Waals surface area (Å²) in [5.41, 5.74) is 3.26. The van der Waals surface area contributed by atoms with E-state index in [9.17, 15) is 4.79 Å². The van der Waals surface area contributed by atoms with Crippen molar-refractivity contribution in [3.63, 3.8) is 0 Å². The fraction of sp³-hybridized carbons (Fsp3) is 0.259. The monoisotopic (exact) mass is 477 g/mol. The van der Waals surface area contributed by atoms with Crippen LogP contribution in [0.1, 0.15) is 17.8 Å². The zero-order chi connectivity index (χ0) is 23.8. The van der Waals surface area contributed by atoms with Crippen LogP contribution in [0.15, 0.2) is 72.8 Å². The molecule has 0 aliphatic heterocycles. The molecular formula is C27H28ClN3O3. The van der Waals surface area contributed by atoms with Crippen LogP contribution in [0, 0.1) is 6.92 Å². The number of carbonyl (C=O) groups excluding carboxylic acids is 1. The van der Waals surface area contributed by atoms with E-state index in [0.29, 0.717) is 30.5 Å². The number of aromatic nitrogens is 2. The van der Waals surface area contributed by atoms with E-state index >= 15 is 0 Å². The molecule has 0 fully saturated rings. The lowest BCUT2D eigenvalue weighted by atomic mass is 10.2. The lowest BCUT2D eigenvalue weighted by Gasteiger charge is -2.11. The molecule has 0 spiro atoms. The number of imidazole rings is 1. The number of hydrogen-bond donors (Lipinski definition) is 1. The number of halogens is 1. The Balaban J connectivity index is 1.27. The summed E-state index contributed by atoms with van der Waals surface area (Å²) in [6.07, 6.45) is 1.52. The second-order valence-electron chi connectivity index (χ2n) is 8.03. The van der Waals surface area contributed by atoms with Crippen molar-refractivity contribution in [2.45, 2.75) is 26.3 Å². The molecule has 0 aliphatic rings. The highest BCUT2D eigenvalue weighted by Gasteiger charge is 2.11. The Hall–Kier alpha value is -3.51. The van der Waals surface area contributed by atoms with Crippen molar-refractivity contribution < 1.29 is 14.3 Å². The number of aryl methyl sites for hydroxylation is 2. The van der Waals surface area contributed by atoms with Crippen molar-refractivity contribution in [3.8, 4) is 11.5 Å². The van der Waals surface area contributed by atoms with Gasteiger partial charge in [-0.2, -0.15) is 0 Å². The van der Waals surface area contributed by atoms with Crippen LogP contribution in [0.2, 0.25) is 5.02 Å². The molecule has 1 N–H and O–H groups in total. The Morgan fingerprint density at radius 2 is 1.68 bits per heavy atom. The maximum atomic E-state index is 12.1. The number of ether oxygens (including phenoxy) is 2. The zero-order valence-corrected chi connectivity index (χ0v) is 19.9. The van der Waals surface area contributed by atoms with E-state index < -0.39 is 0 Å². The Kier molecular flexibility index (Phi) is 8.04. The first kappa shape index (κ1) is 23.6. The molecular weight excluding hydrogens is 450 g/mol. The highest BCUT2D eigenvalue weighted by Crippen LogP contribution is 2.18. The first-order valence-electron chi connectivity index (χ1n) is 11.4. The minimum absolute atomic E-state index is 0.0313. The van der Waals surface area contributed by atoms with E-state index in [-0.39, 0.29) is 12.5 Å². The molecule has 0 saturated carbocycles. The number of amides is 1.